The van der Waals surface area contributed by atoms with Crippen LogP contribution in [0.5, 0.6) is 0 Å². The molecule has 0 unspecified atom stereocenters. The van der Waals surface area contributed by atoms with E-state index in [1.54, 1.807) is 4.90 Å². The Kier molecular flexibility index (Phi) is 7.81. The summed E-state index contributed by atoms with van der Waals surface area (Å²) < 4.78 is 18.6. The van der Waals surface area contributed by atoms with E-state index in [-0.39, 0.29) is 46.5 Å². The number of carbonyl (C=O) groups excluding carboxylic acids is 2. The number of ether oxygens (including phenoxy) is 1. The van der Waals surface area contributed by atoms with Gasteiger partial charge in [-0.15, -0.1) is 0 Å². The lowest BCUT2D eigenvalue weighted by Gasteiger charge is -2.31. The maximum atomic E-state index is 13.9. The summed E-state index contributed by atoms with van der Waals surface area (Å²) in [6.45, 7) is 0.854. The average molecular weight is 455 g/mol. The summed E-state index contributed by atoms with van der Waals surface area (Å²) in [7, 11) is 1.34. The third kappa shape index (κ3) is 5.97. The van der Waals surface area contributed by atoms with Crippen molar-refractivity contribution < 1.29 is 18.7 Å². The highest BCUT2D eigenvalue weighted by atomic mass is 19.1. The summed E-state index contributed by atoms with van der Waals surface area (Å²) in [5, 5.41) is 15.4. The lowest BCUT2D eigenvalue weighted by Crippen LogP contribution is -2.41. The lowest BCUT2D eigenvalue weighted by atomic mass is 9.90. The molecule has 174 valence electrons. The third-order valence-electron chi connectivity index (χ3n) is 5.65. The first-order chi connectivity index (χ1) is 15.8. The Hall–Kier alpha value is -3.69. The van der Waals surface area contributed by atoms with Crippen molar-refractivity contribution in [1.29, 1.82) is 10.8 Å². The number of aromatic amines is 1. The van der Waals surface area contributed by atoms with E-state index in [1.165, 1.54) is 37.5 Å². The van der Waals surface area contributed by atoms with E-state index in [1.807, 2.05) is 0 Å². The number of nitrogens with zero attached hydrogens (tertiary/aromatic N) is 2. The van der Waals surface area contributed by atoms with Crippen LogP contribution in [-0.2, 0) is 20.7 Å². The van der Waals surface area contributed by atoms with Gasteiger partial charge >= 0.3 is 0 Å². The number of carbonyl (C=O) groups is 2. The topological polar surface area (TPSA) is 140 Å². The lowest BCUT2D eigenvalue weighted by molar-refractivity contribution is -0.134. The molecule has 0 radical (unpaired) electrons. The van der Waals surface area contributed by atoms with Gasteiger partial charge in [-0.1, -0.05) is 6.07 Å². The van der Waals surface area contributed by atoms with E-state index in [9.17, 15) is 18.8 Å². The molecule has 1 aromatic heterocycles. The van der Waals surface area contributed by atoms with Crippen LogP contribution in [0.25, 0.3) is 10.9 Å². The first kappa shape index (κ1) is 24.0. The van der Waals surface area contributed by atoms with Gasteiger partial charge in [-0.25, -0.2) is 9.37 Å². The van der Waals surface area contributed by atoms with E-state index in [4.69, 9.17) is 10.8 Å². The molecule has 1 fully saturated rings. The second-order valence-corrected chi connectivity index (χ2v) is 7.84. The van der Waals surface area contributed by atoms with Crippen LogP contribution in [0, 0.1) is 22.6 Å². The van der Waals surface area contributed by atoms with Crippen LogP contribution in [0.15, 0.2) is 35.1 Å². The van der Waals surface area contributed by atoms with E-state index in [2.05, 4.69) is 14.7 Å². The zero-order valence-electron chi connectivity index (χ0n) is 18.3. The number of H-pyrrole nitrogens is 1. The number of aryl methyl sites for hydroxylation is 1. The number of allylic oxidation sites excluding steroid dienone is 1. The van der Waals surface area contributed by atoms with Crippen molar-refractivity contribution >= 4 is 34.2 Å². The maximum absolute atomic E-state index is 13.9. The molecule has 33 heavy (non-hydrogen) atoms. The van der Waals surface area contributed by atoms with Crippen molar-refractivity contribution in [3.05, 3.63) is 52.3 Å². The highest BCUT2D eigenvalue weighted by Gasteiger charge is 2.28. The monoisotopic (exact) mass is 455 g/mol. The number of piperidine rings is 1. The van der Waals surface area contributed by atoms with Gasteiger partial charge in [-0.3, -0.25) is 25.2 Å². The van der Waals surface area contributed by atoms with E-state index in [0.29, 0.717) is 44.6 Å². The largest absolute Gasteiger partial charge is 0.481 e. The number of hydrogen-bond donors (Lipinski definition) is 3. The molecule has 3 N–H and O–H groups in total. The number of nitrogens with one attached hydrogen (secondary N) is 3. The number of fused-ring (bicyclic) bond motifs is 1. The van der Waals surface area contributed by atoms with E-state index >= 15 is 0 Å². The molecular weight excluding hydrogens is 429 g/mol. The number of aromatic nitrogens is 2. The number of amides is 1. The summed E-state index contributed by atoms with van der Waals surface area (Å²) in [5.41, 5.74) is -0.573. The van der Waals surface area contributed by atoms with Crippen molar-refractivity contribution in [2.75, 3.05) is 20.2 Å². The number of Topliss-reactive ketones (excluding diaryl/α,β-unsaturated/α-hetero) is 1. The van der Waals surface area contributed by atoms with Gasteiger partial charge in [0.05, 0.1) is 18.2 Å². The number of methoxy groups -OCH3 is 1. The highest BCUT2D eigenvalue weighted by molar-refractivity contribution is 6.44. The van der Waals surface area contributed by atoms with Gasteiger partial charge in [-0.05, 0) is 37.5 Å². The van der Waals surface area contributed by atoms with Gasteiger partial charge in [0.25, 0.3) is 5.56 Å². The minimum atomic E-state index is -0.561. The summed E-state index contributed by atoms with van der Waals surface area (Å²) >= 11 is 0. The Balaban J connectivity index is 1.47. The highest BCUT2D eigenvalue weighted by Crippen LogP contribution is 2.20. The minimum Gasteiger partial charge on any atom is -0.481 e. The molecule has 0 spiro atoms. The Morgan fingerprint density at radius 2 is 2.00 bits per heavy atom. The van der Waals surface area contributed by atoms with Crippen LogP contribution < -0.4 is 5.56 Å². The molecule has 1 amide bonds. The predicted molar refractivity (Wildman–Crippen MR) is 121 cm³/mol. The molecule has 2 heterocycles. The zero-order chi connectivity index (χ0) is 24.0. The molecule has 0 aliphatic carbocycles. The van der Waals surface area contributed by atoms with Crippen LogP contribution in [0.1, 0.15) is 31.5 Å². The van der Waals surface area contributed by atoms with E-state index in [0.717, 1.165) is 0 Å². The maximum Gasteiger partial charge on any atom is 0.258 e. The second kappa shape index (κ2) is 10.8. The smallest absolute Gasteiger partial charge is 0.258 e. The fourth-order valence-electron chi connectivity index (χ4n) is 3.78. The van der Waals surface area contributed by atoms with Crippen molar-refractivity contribution in [2.24, 2.45) is 5.92 Å². The molecule has 1 aliphatic heterocycles. The van der Waals surface area contributed by atoms with Gasteiger partial charge in [0, 0.05) is 37.9 Å². The Morgan fingerprint density at radius 1 is 1.27 bits per heavy atom. The molecule has 0 atom stereocenters. The average Bonchev–Trinajstić information content (AvgIpc) is 2.82. The minimum absolute atomic E-state index is 0.0220. The summed E-state index contributed by atoms with van der Waals surface area (Å²) in [6, 6.07) is 4.21. The SMILES string of the molecule is COC(=N)C=CC(=N)C(=O)C1CCN(C(=O)CCCc2nc3c(F)cccc3c(=O)[nH]2)CC1. The van der Waals surface area contributed by atoms with Gasteiger partial charge in [-0.2, -0.15) is 0 Å². The molecule has 0 saturated carbocycles. The Labute approximate surface area is 189 Å². The molecule has 10 heteroatoms. The normalized spacial score (nSPS) is 14.5. The number of benzene rings is 1. The molecule has 1 aromatic carbocycles. The van der Waals surface area contributed by atoms with Gasteiger partial charge in [0.15, 0.2) is 5.78 Å². The van der Waals surface area contributed by atoms with Crippen molar-refractivity contribution in [3.8, 4) is 0 Å². The Bertz CT molecular complexity index is 1170. The molecule has 9 nitrogen and oxygen atoms in total. The van der Waals surface area contributed by atoms with Gasteiger partial charge < -0.3 is 14.6 Å². The predicted octanol–water partition coefficient (Wildman–Crippen LogP) is 2.39. The third-order valence-corrected chi connectivity index (χ3v) is 5.65. The molecule has 0 bridgehead atoms. The first-order valence-electron chi connectivity index (χ1n) is 10.7. The summed E-state index contributed by atoms with van der Waals surface area (Å²) in [6.07, 6.45) is 4.48. The number of halogens is 1. The zero-order valence-corrected chi connectivity index (χ0v) is 18.3. The van der Waals surface area contributed by atoms with Crippen molar-refractivity contribution in [2.45, 2.75) is 32.1 Å². The standard InChI is InChI=1S/C23H26FN5O4/c1-33-18(26)9-8-17(25)22(31)14-10-12-29(13-11-14)20(30)7-3-6-19-27-21-15(23(32)28-19)4-2-5-16(21)24/h2,4-5,8-9,14,25-26H,3,6-7,10-13H2,1H3,(H,27,28,32). The molecule has 1 aliphatic rings. The number of rotatable bonds is 8. The summed E-state index contributed by atoms with van der Waals surface area (Å²) in [5.74, 6) is -1.05. The number of likely N-dealkylation sites (tertiary alicyclic amines) is 1. The quantitative estimate of drug-likeness (QED) is 0.414. The van der Waals surface area contributed by atoms with Crippen LogP contribution in [0.4, 0.5) is 4.39 Å². The van der Waals surface area contributed by atoms with E-state index < -0.39 is 11.4 Å². The van der Waals surface area contributed by atoms with Gasteiger partial charge in [0.2, 0.25) is 11.8 Å². The van der Waals surface area contributed by atoms with Crippen molar-refractivity contribution in [1.82, 2.24) is 14.9 Å². The second-order valence-electron chi connectivity index (χ2n) is 7.84. The van der Waals surface area contributed by atoms with Crippen LogP contribution in [0.3, 0.4) is 0 Å². The number of para-hydroxylation sites is 1. The first-order valence-corrected chi connectivity index (χ1v) is 10.7. The Morgan fingerprint density at radius 3 is 2.70 bits per heavy atom. The molecular formula is C23H26FN5O4. The fraction of sp³-hybridized carbons (Fsp3) is 0.391. The fourth-order valence-corrected chi connectivity index (χ4v) is 3.78. The van der Waals surface area contributed by atoms with Crippen LogP contribution >= 0.6 is 0 Å². The molecule has 2 aromatic rings. The van der Waals surface area contributed by atoms with Crippen LogP contribution in [-0.4, -0.2) is 58.4 Å². The molecule has 1 saturated heterocycles. The summed E-state index contributed by atoms with van der Waals surface area (Å²) in [4.78, 5) is 45.6. The van der Waals surface area contributed by atoms with Crippen LogP contribution in [0.2, 0.25) is 0 Å². The van der Waals surface area contributed by atoms with Crippen molar-refractivity contribution in [3.63, 3.8) is 0 Å². The number of hydrogen-bond acceptors (Lipinski definition) is 7. The number of ketones is 1. The molecule has 3 rings (SSSR count). The van der Waals surface area contributed by atoms with Gasteiger partial charge in [0.1, 0.15) is 17.2 Å².